The van der Waals surface area contributed by atoms with Gasteiger partial charge in [0, 0.05) is 11.3 Å². The Morgan fingerprint density at radius 1 is 1.05 bits per heavy atom. The van der Waals surface area contributed by atoms with E-state index in [9.17, 15) is 26.3 Å². The molecular weight excluding hydrogens is 276 g/mol. The first kappa shape index (κ1) is 14.0. The second-order valence-electron chi connectivity index (χ2n) is 4.13. The van der Waals surface area contributed by atoms with Crippen molar-refractivity contribution in [1.29, 1.82) is 0 Å². The van der Waals surface area contributed by atoms with Crippen LogP contribution >= 0.6 is 0 Å². The van der Waals surface area contributed by atoms with E-state index in [1.807, 2.05) is 0 Å². The van der Waals surface area contributed by atoms with E-state index in [1.165, 1.54) is 6.07 Å². The molecular formula is C11H9F6NO. The Morgan fingerprint density at radius 2 is 1.58 bits per heavy atom. The Balaban J connectivity index is 2.75. The minimum Gasteiger partial charge on any atom is -0.360 e. The predicted molar refractivity (Wildman–Crippen MR) is 54.4 cm³/mol. The fourth-order valence-corrected chi connectivity index (χ4v) is 2.09. The highest BCUT2D eigenvalue weighted by Crippen LogP contribution is 2.56. The standard InChI is InChI=1S/C11H9F6NO/c1-6-18-8-5-3-2-4-7(8)9(19-6,10(12,13)14)11(15,16)17/h2-6,18H,1H3/t6-/m0/s1. The van der Waals surface area contributed by atoms with Crippen LogP contribution in [-0.2, 0) is 10.3 Å². The van der Waals surface area contributed by atoms with Crippen molar-refractivity contribution in [2.75, 3.05) is 5.32 Å². The minimum atomic E-state index is -5.61. The third kappa shape index (κ3) is 1.94. The van der Waals surface area contributed by atoms with Crippen molar-refractivity contribution in [3.63, 3.8) is 0 Å². The smallest absolute Gasteiger partial charge is 0.360 e. The van der Waals surface area contributed by atoms with E-state index in [1.54, 1.807) is 0 Å². The minimum absolute atomic E-state index is 0.240. The average Bonchev–Trinajstić information content (AvgIpc) is 2.24. The van der Waals surface area contributed by atoms with Crippen LogP contribution in [0.4, 0.5) is 32.0 Å². The molecule has 106 valence electrons. The maximum Gasteiger partial charge on any atom is 0.431 e. The molecule has 0 spiro atoms. The van der Waals surface area contributed by atoms with Gasteiger partial charge in [-0.1, -0.05) is 18.2 Å². The maximum absolute atomic E-state index is 13.1. The molecule has 1 aromatic carbocycles. The second-order valence-corrected chi connectivity index (χ2v) is 4.13. The third-order valence-electron chi connectivity index (χ3n) is 2.82. The van der Waals surface area contributed by atoms with Crippen LogP contribution in [0, 0.1) is 0 Å². The highest BCUT2D eigenvalue weighted by molar-refractivity contribution is 5.57. The summed E-state index contributed by atoms with van der Waals surface area (Å²) in [6, 6.07) is 4.36. The fraction of sp³-hybridized carbons (Fsp3) is 0.455. The van der Waals surface area contributed by atoms with Crippen LogP contribution in [0.2, 0.25) is 0 Å². The molecule has 1 aromatic rings. The summed E-state index contributed by atoms with van der Waals surface area (Å²) < 4.78 is 82.7. The van der Waals surface area contributed by atoms with E-state index in [0.717, 1.165) is 25.1 Å². The number of benzene rings is 1. The molecule has 0 radical (unpaired) electrons. The topological polar surface area (TPSA) is 21.3 Å². The normalized spacial score (nSPS) is 22.6. The third-order valence-corrected chi connectivity index (χ3v) is 2.82. The number of rotatable bonds is 0. The van der Waals surface area contributed by atoms with Crippen molar-refractivity contribution in [1.82, 2.24) is 0 Å². The molecule has 2 nitrogen and oxygen atoms in total. The lowest BCUT2D eigenvalue weighted by Gasteiger charge is -2.43. The first-order valence-corrected chi connectivity index (χ1v) is 5.27. The molecule has 0 saturated carbocycles. The maximum atomic E-state index is 13.1. The quantitative estimate of drug-likeness (QED) is 0.732. The fourth-order valence-electron chi connectivity index (χ4n) is 2.09. The van der Waals surface area contributed by atoms with Crippen molar-refractivity contribution >= 4 is 5.69 Å². The summed E-state index contributed by atoms with van der Waals surface area (Å²) in [4.78, 5) is 0. The average molecular weight is 285 g/mol. The van der Waals surface area contributed by atoms with Crippen LogP contribution in [0.3, 0.4) is 0 Å². The number of alkyl halides is 6. The first-order valence-electron chi connectivity index (χ1n) is 5.27. The number of halogens is 6. The molecule has 0 fully saturated rings. The zero-order chi connectivity index (χ0) is 14.5. The molecule has 1 atom stereocenters. The van der Waals surface area contributed by atoms with Crippen molar-refractivity contribution in [2.24, 2.45) is 0 Å². The zero-order valence-electron chi connectivity index (χ0n) is 9.56. The summed E-state index contributed by atoms with van der Waals surface area (Å²) in [7, 11) is 0. The number of nitrogens with one attached hydrogen (secondary N) is 1. The molecule has 2 rings (SSSR count). The Morgan fingerprint density at radius 3 is 2.11 bits per heavy atom. The highest BCUT2D eigenvalue weighted by atomic mass is 19.4. The van der Waals surface area contributed by atoms with Gasteiger partial charge < -0.3 is 10.1 Å². The lowest BCUT2D eigenvalue weighted by atomic mass is 9.89. The number of hydrogen-bond donors (Lipinski definition) is 1. The molecule has 0 saturated heterocycles. The number of anilines is 1. The lowest BCUT2D eigenvalue weighted by Crippen LogP contribution is -2.60. The largest absolute Gasteiger partial charge is 0.431 e. The van der Waals surface area contributed by atoms with Gasteiger partial charge in [-0.2, -0.15) is 26.3 Å². The van der Waals surface area contributed by atoms with Gasteiger partial charge in [-0.25, -0.2) is 0 Å². The molecule has 0 aromatic heterocycles. The van der Waals surface area contributed by atoms with Crippen molar-refractivity contribution in [2.45, 2.75) is 31.1 Å². The summed E-state index contributed by atoms with van der Waals surface area (Å²) in [5.41, 5.74) is -5.52. The van der Waals surface area contributed by atoms with Gasteiger partial charge in [0.1, 0.15) is 6.23 Å². The van der Waals surface area contributed by atoms with Crippen LogP contribution in [-0.4, -0.2) is 18.6 Å². The molecule has 0 aliphatic carbocycles. The monoisotopic (exact) mass is 285 g/mol. The molecule has 19 heavy (non-hydrogen) atoms. The molecule has 1 heterocycles. The zero-order valence-corrected chi connectivity index (χ0v) is 9.56. The van der Waals surface area contributed by atoms with Gasteiger partial charge >= 0.3 is 12.4 Å². The Labute approximate surface area is 104 Å². The molecule has 1 aliphatic heterocycles. The SMILES string of the molecule is C[C@H]1Nc2ccccc2C(C(F)(F)F)(C(F)(F)F)O1. The van der Waals surface area contributed by atoms with E-state index in [4.69, 9.17) is 0 Å². The highest BCUT2D eigenvalue weighted by Gasteiger charge is 2.75. The summed E-state index contributed by atoms with van der Waals surface area (Å²) in [6.45, 7) is 1.09. The van der Waals surface area contributed by atoms with E-state index in [2.05, 4.69) is 10.1 Å². The molecule has 8 heteroatoms. The number of fused-ring (bicyclic) bond motifs is 1. The van der Waals surface area contributed by atoms with Crippen LogP contribution < -0.4 is 5.32 Å². The number of para-hydroxylation sites is 1. The summed E-state index contributed by atoms with van der Waals surface area (Å²) in [6.07, 6.45) is -12.6. The molecule has 1 aliphatic rings. The van der Waals surface area contributed by atoms with E-state index < -0.39 is 29.7 Å². The summed E-state index contributed by atoms with van der Waals surface area (Å²) in [5, 5.41) is 2.44. The number of hydrogen-bond acceptors (Lipinski definition) is 2. The van der Waals surface area contributed by atoms with Gasteiger partial charge in [-0.05, 0) is 13.0 Å². The lowest BCUT2D eigenvalue weighted by molar-refractivity contribution is -0.397. The van der Waals surface area contributed by atoms with Crippen LogP contribution in [0.1, 0.15) is 12.5 Å². The van der Waals surface area contributed by atoms with Gasteiger partial charge in [-0.3, -0.25) is 0 Å². The Hall–Kier alpha value is -1.44. The van der Waals surface area contributed by atoms with Crippen molar-refractivity contribution < 1.29 is 31.1 Å². The van der Waals surface area contributed by atoms with E-state index in [-0.39, 0.29) is 5.69 Å². The molecule has 0 amide bonds. The number of ether oxygens (including phenoxy) is 1. The van der Waals surface area contributed by atoms with Gasteiger partial charge in [0.25, 0.3) is 5.60 Å². The van der Waals surface area contributed by atoms with Gasteiger partial charge in [0.2, 0.25) is 0 Å². The predicted octanol–water partition coefficient (Wildman–Crippen LogP) is 3.79. The Bertz CT molecular complexity index is 467. The summed E-state index contributed by atoms with van der Waals surface area (Å²) >= 11 is 0. The van der Waals surface area contributed by atoms with Crippen molar-refractivity contribution in [3.05, 3.63) is 29.8 Å². The first-order chi connectivity index (χ1) is 8.59. The van der Waals surface area contributed by atoms with E-state index in [0.29, 0.717) is 0 Å². The van der Waals surface area contributed by atoms with Crippen LogP contribution in [0.25, 0.3) is 0 Å². The van der Waals surface area contributed by atoms with Crippen LogP contribution in [0.15, 0.2) is 24.3 Å². The second kappa shape index (κ2) is 4.03. The molecule has 0 unspecified atom stereocenters. The Kier molecular flexibility index (Phi) is 2.96. The van der Waals surface area contributed by atoms with Gasteiger partial charge in [0.05, 0.1) is 0 Å². The van der Waals surface area contributed by atoms with Gasteiger partial charge in [0.15, 0.2) is 0 Å². The van der Waals surface area contributed by atoms with Gasteiger partial charge in [-0.15, -0.1) is 0 Å². The van der Waals surface area contributed by atoms with E-state index >= 15 is 0 Å². The van der Waals surface area contributed by atoms with Crippen molar-refractivity contribution in [3.8, 4) is 0 Å². The summed E-state index contributed by atoms with van der Waals surface area (Å²) in [5.74, 6) is 0. The molecule has 0 bridgehead atoms. The van der Waals surface area contributed by atoms with Crippen LogP contribution in [0.5, 0.6) is 0 Å². The molecule has 1 N–H and O–H groups in total.